The molecule has 5 heteroatoms. The number of hydrogen-bond acceptors (Lipinski definition) is 2. The molecular weight excluding hydrogens is 218 g/mol. The van der Waals surface area contributed by atoms with Crippen molar-refractivity contribution in [1.82, 2.24) is 14.3 Å². The Balaban J connectivity index is 2.55. The van der Waals surface area contributed by atoms with Gasteiger partial charge in [-0.05, 0) is 12.1 Å². The number of nitrogens with zero attached hydrogens (tertiary/aromatic N) is 3. The number of likely N-dealkylation sites (N-methyl/N-ethyl adjacent to an activating group) is 1. The van der Waals surface area contributed by atoms with E-state index >= 15 is 0 Å². The molecule has 2 rings (SSSR count). The summed E-state index contributed by atoms with van der Waals surface area (Å²) in [7, 11) is 5.14. The monoisotopic (exact) mass is 233 g/mol. The van der Waals surface area contributed by atoms with E-state index in [1.165, 1.54) is 9.58 Å². The number of aryl methyl sites for hydroxylation is 1. The molecule has 0 saturated heterocycles. The molecule has 17 heavy (non-hydrogen) atoms. The van der Waals surface area contributed by atoms with Gasteiger partial charge in [-0.25, -0.2) is 4.68 Å². The predicted octanol–water partition coefficient (Wildman–Crippen LogP) is 0.428. The van der Waals surface area contributed by atoms with Crippen molar-refractivity contribution in [1.29, 1.82) is 0 Å². The molecule has 0 radical (unpaired) electrons. The molecule has 5 nitrogen and oxygen atoms in total. The quantitative estimate of drug-likeness (QED) is 0.755. The summed E-state index contributed by atoms with van der Waals surface area (Å²) in [6, 6.07) is 7.34. The maximum Gasteiger partial charge on any atom is 0.275 e. The average Bonchev–Trinajstić information content (AvgIpc) is 2.55. The van der Waals surface area contributed by atoms with E-state index in [1.54, 1.807) is 31.9 Å². The van der Waals surface area contributed by atoms with Crippen LogP contribution < -0.4 is 5.56 Å². The maximum absolute atomic E-state index is 12.1. The van der Waals surface area contributed by atoms with Crippen LogP contribution >= 0.6 is 0 Å². The molecule has 0 N–H and O–H groups in total. The minimum atomic E-state index is -0.127. The van der Waals surface area contributed by atoms with Crippen LogP contribution in [0.3, 0.4) is 0 Å². The second-order valence-electron chi connectivity index (χ2n) is 4.19. The van der Waals surface area contributed by atoms with E-state index in [2.05, 4.69) is 0 Å². The number of para-hydroxylation sites is 1. The molecule has 0 spiro atoms. The molecule has 0 aliphatic heterocycles. The minimum absolute atomic E-state index is 0.0665. The van der Waals surface area contributed by atoms with Gasteiger partial charge in [-0.15, -0.1) is 0 Å². The fourth-order valence-electron chi connectivity index (χ4n) is 1.79. The summed E-state index contributed by atoms with van der Waals surface area (Å²) in [6.07, 6.45) is 0. The van der Waals surface area contributed by atoms with Crippen LogP contribution in [0.4, 0.5) is 0 Å². The lowest BCUT2D eigenvalue weighted by Gasteiger charge is -2.12. The zero-order valence-corrected chi connectivity index (χ0v) is 10.2. The van der Waals surface area contributed by atoms with Crippen molar-refractivity contribution in [2.75, 3.05) is 14.1 Å². The van der Waals surface area contributed by atoms with E-state index in [4.69, 9.17) is 0 Å². The Morgan fingerprint density at radius 3 is 2.53 bits per heavy atom. The van der Waals surface area contributed by atoms with Crippen molar-refractivity contribution < 1.29 is 4.79 Å². The van der Waals surface area contributed by atoms with Gasteiger partial charge in [0.1, 0.15) is 6.54 Å². The predicted molar refractivity (Wildman–Crippen MR) is 65.9 cm³/mol. The number of carbonyl (C=O) groups is 1. The number of rotatable bonds is 2. The number of benzene rings is 1. The van der Waals surface area contributed by atoms with Gasteiger partial charge in [-0.3, -0.25) is 14.3 Å². The highest BCUT2D eigenvalue weighted by molar-refractivity contribution is 5.80. The van der Waals surface area contributed by atoms with Crippen molar-refractivity contribution in [3.8, 4) is 0 Å². The summed E-state index contributed by atoms with van der Waals surface area (Å²) < 4.78 is 3.17. The first-order chi connectivity index (χ1) is 8.02. The molecule has 0 atom stereocenters. The van der Waals surface area contributed by atoms with Crippen molar-refractivity contribution in [3.63, 3.8) is 0 Å². The van der Waals surface area contributed by atoms with E-state index in [1.807, 2.05) is 18.2 Å². The zero-order valence-electron chi connectivity index (χ0n) is 10.2. The van der Waals surface area contributed by atoms with E-state index in [9.17, 15) is 9.59 Å². The van der Waals surface area contributed by atoms with Crippen molar-refractivity contribution in [3.05, 3.63) is 34.6 Å². The van der Waals surface area contributed by atoms with Crippen LogP contribution in [-0.2, 0) is 18.4 Å². The zero-order chi connectivity index (χ0) is 12.6. The van der Waals surface area contributed by atoms with E-state index in [-0.39, 0.29) is 18.0 Å². The summed E-state index contributed by atoms with van der Waals surface area (Å²) >= 11 is 0. The van der Waals surface area contributed by atoms with E-state index < -0.39 is 0 Å². The second-order valence-corrected chi connectivity index (χ2v) is 4.19. The van der Waals surface area contributed by atoms with Gasteiger partial charge in [0, 0.05) is 21.1 Å². The van der Waals surface area contributed by atoms with Crippen molar-refractivity contribution in [2.24, 2.45) is 7.05 Å². The molecule has 1 heterocycles. The third-order valence-electron chi connectivity index (χ3n) is 2.86. The Labute approximate surface area is 98.8 Å². The summed E-state index contributed by atoms with van der Waals surface area (Å²) in [4.78, 5) is 25.2. The summed E-state index contributed by atoms with van der Waals surface area (Å²) in [5, 5.41) is 0.640. The Bertz CT molecular complexity index is 622. The highest BCUT2D eigenvalue weighted by atomic mass is 16.2. The Morgan fingerprint density at radius 1 is 1.29 bits per heavy atom. The smallest absolute Gasteiger partial charge is 0.275 e. The first kappa shape index (κ1) is 11.4. The molecular formula is C12H15N3O2. The summed E-state index contributed by atoms with van der Waals surface area (Å²) in [5.41, 5.74) is 0.711. The number of carbonyl (C=O) groups excluding carboxylic acids is 1. The van der Waals surface area contributed by atoms with Crippen LogP contribution in [0, 0.1) is 0 Å². The lowest BCUT2D eigenvalue weighted by atomic mass is 10.2. The molecule has 90 valence electrons. The third-order valence-corrected chi connectivity index (χ3v) is 2.86. The normalized spacial score (nSPS) is 10.8. The van der Waals surface area contributed by atoms with Gasteiger partial charge in [-0.2, -0.15) is 0 Å². The van der Waals surface area contributed by atoms with Gasteiger partial charge in [-0.1, -0.05) is 12.1 Å². The molecule has 0 unspecified atom stereocenters. The van der Waals surface area contributed by atoms with Crippen LogP contribution in [-0.4, -0.2) is 34.3 Å². The van der Waals surface area contributed by atoms with Gasteiger partial charge in [0.25, 0.3) is 5.56 Å². The molecule has 0 aliphatic carbocycles. The third kappa shape index (κ3) is 1.84. The number of aromatic nitrogens is 2. The molecule has 1 aromatic heterocycles. The molecule has 0 bridgehead atoms. The maximum atomic E-state index is 12.1. The van der Waals surface area contributed by atoms with Crippen molar-refractivity contribution in [2.45, 2.75) is 6.54 Å². The Kier molecular flexibility index (Phi) is 2.75. The van der Waals surface area contributed by atoms with Crippen LogP contribution in [0.25, 0.3) is 10.9 Å². The number of amides is 1. The number of fused-ring (bicyclic) bond motifs is 1. The molecule has 0 fully saturated rings. The van der Waals surface area contributed by atoms with Gasteiger partial charge in [0.15, 0.2) is 0 Å². The van der Waals surface area contributed by atoms with Gasteiger partial charge >= 0.3 is 0 Å². The van der Waals surface area contributed by atoms with E-state index in [0.29, 0.717) is 5.39 Å². The van der Waals surface area contributed by atoms with Crippen LogP contribution in [0.5, 0.6) is 0 Å². The van der Waals surface area contributed by atoms with Gasteiger partial charge in [0.05, 0.1) is 10.9 Å². The second kappa shape index (κ2) is 4.08. The molecule has 2 aromatic rings. The first-order valence-electron chi connectivity index (χ1n) is 5.37. The van der Waals surface area contributed by atoms with Crippen LogP contribution in [0.15, 0.2) is 29.1 Å². The largest absolute Gasteiger partial charge is 0.347 e. The van der Waals surface area contributed by atoms with Crippen molar-refractivity contribution >= 4 is 16.8 Å². The van der Waals surface area contributed by atoms with Crippen LogP contribution in [0.1, 0.15) is 0 Å². The standard InChI is InChI=1S/C12H15N3O2/c1-13(2)11(16)8-15-12(17)9-6-4-5-7-10(9)14(15)3/h4-7H,8H2,1-3H3. The molecule has 0 saturated carbocycles. The van der Waals surface area contributed by atoms with Gasteiger partial charge in [0.2, 0.25) is 5.91 Å². The molecule has 1 amide bonds. The first-order valence-corrected chi connectivity index (χ1v) is 5.37. The van der Waals surface area contributed by atoms with Gasteiger partial charge < -0.3 is 4.90 Å². The fraction of sp³-hybridized carbons (Fsp3) is 0.333. The van der Waals surface area contributed by atoms with Crippen LogP contribution in [0.2, 0.25) is 0 Å². The number of hydrogen-bond donors (Lipinski definition) is 0. The molecule has 1 aromatic carbocycles. The minimum Gasteiger partial charge on any atom is -0.347 e. The van der Waals surface area contributed by atoms with E-state index in [0.717, 1.165) is 5.52 Å². The highest BCUT2D eigenvalue weighted by Crippen LogP contribution is 2.09. The Hall–Kier alpha value is -2.04. The lowest BCUT2D eigenvalue weighted by Crippen LogP contribution is -2.32. The SMILES string of the molecule is CN(C)C(=O)Cn1c(=O)c2ccccc2n1C. The highest BCUT2D eigenvalue weighted by Gasteiger charge is 2.13. The average molecular weight is 233 g/mol. The molecule has 0 aliphatic rings. The Morgan fingerprint density at radius 2 is 1.94 bits per heavy atom. The summed E-state index contributed by atoms with van der Waals surface area (Å²) in [6.45, 7) is 0.0665. The summed E-state index contributed by atoms with van der Waals surface area (Å²) in [5.74, 6) is -0.0991. The fourth-order valence-corrected chi connectivity index (χ4v) is 1.79. The lowest BCUT2D eigenvalue weighted by molar-refractivity contribution is -0.129. The topological polar surface area (TPSA) is 47.2 Å².